The van der Waals surface area contributed by atoms with Crippen LogP contribution in [0.2, 0.25) is 0 Å². The molecule has 88 valence electrons. The average Bonchev–Trinajstić information content (AvgIpc) is 2.27. The Morgan fingerprint density at radius 2 is 2.47 bits per heavy atom. The fraction of sp³-hybridized carbons (Fsp3) is 0.909. The standard InChI is InChI=1S/C11H22N2O2/c1-9(4-3-7-14)13-11(15)10-5-2-6-12-8-10/h9-10,12,14H,2-8H2,1H3,(H,13,15)/t9?,10-/m0/s1. The summed E-state index contributed by atoms with van der Waals surface area (Å²) < 4.78 is 0. The summed E-state index contributed by atoms with van der Waals surface area (Å²) in [4.78, 5) is 11.8. The Morgan fingerprint density at radius 1 is 1.67 bits per heavy atom. The zero-order valence-corrected chi connectivity index (χ0v) is 9.46. The van der Waals surface area contributed by atoms with Crippen LogP contribution in [0.25, 0.3) is 0 Å². The Morgan fingerprint density at radius 3 is 3.07 bits per heavy atom. The third kappa shape index (κ3) is 4.62. The maximum atomic E-state index is 11.8. The van der Waals surface area contributed by atoms with Crippen molar-refractivity contribution < 1.29 is 9.90 Å². The first-order valence-electron chi connectivity index (χ1n) is 5.86. The first-order valence-corrected chi connectivity index (χ1v) is 5.86. The van der Waals surface area contributed by atoms with Crippen molar-refractivity contribution in [2.75, 3.05) is 19.7 Å². The maximum Gasteiger partial charge on any atom is 0.224 e. The summed E-state index contributed by atoms with van der Waals surface area (Å²) in [5, 5.41) is 14.9. The lowest BCUT2D eigenvalue weighted by Crippen LogP contribution is -2.43. The third-order valence-electron chi connectivity index (χ3n) is 2.85. The minimum Gasteiger partial charge on any atom is -0.396 e. The van der Waals surface area contributed by atoms with E-state index in [1.54, 1.807) is 0 Å². The first-order chi connectivity index (χ1) is 7.24. The summed E-state index contributed by atoms with van der Waals surface area (Å²) in [7, 11) is 0. The molecular weight excluding hydrogens is 192 g/mol. The second kappa shape index (κ2) is 6.80. The predicted molar refractivity (Wildman–Crippen MR) is 59.5 cm³/mol. The molecule has 0 spiro atoms. The van der Waals surface area contributed by atoms with Gasteiger partial charge in [-0.2, -0.15) is 0 Å². The van der Waals surface area contributed by atoms with Crippen LogP contribution in [-0.2, 0) is 4.79 Å². The molecule has 0 aromatic rings. The number of hydrogen-bond donors (Lipinski definition) is 3. The molecule has 0 saturated carbocycles. The Balaban J connectivity index is 2.21. The van der Waals surface area contributed by atoms with Gasteiger partial charge in [-0.25, -0.2) is 0 Å². The number of nitrogens with one attached hydrogen (secondary N) is 2. The molecule has 0 aliphatic carbocycles. The van der Waals surface area contributed by atoms with Crippen LogP contribution < -0.4 is 10.6 Å². The highest BCUT2D eigenvalue weighted by Gasteiger charge is 2.21. The fourth-order valence-corrected chi connectivity index (χ4v) is 1.91. The molecule has 1 saturated heterocycles. The van der Waals surface area contributed by atoms with Crippen LogP contribution in [0.15, 0.2) is 0 Å². The number of rotatable bonds is 5. The van der Waals surface area contributed by atoms with Crippen molar-refractivity contribution >= 4 is 5.91 Å². The van der Waals surface area contributed by atoms with Gasteiger partial charge in [-0.1, -0.05) is 0 Å². The highest BCUT2D eigenvalue weighted by Crippen LogP contribution is 2.10. The SMILES string of the molecule is CC(CCCO)NC(=O)[C@H]1CCCNC1. The molecule has 2 atom stereocenters. The molecule has 1 rings (SSSR count). The highest BCUT2D eigenvalue weighted by atomic mass is 16.2. The van der Waals surface area contributed by atoms with Gasteiger partial charge in [0.1, 0.15) is 0 Å². The van der Waals surface area contributed by atoms with Crippen molar-refractivity contribution in [3.63, 3.8) is 0 Å². The molecule has 0 bridgehead atoms. The fourth-order valence-electron chi connectivity index (χ4n) is 1.91. The molecule has 0 radical (unpaired) electrons. The van der Waals surface area contributed by atoms with Crippen LogP contribution in [0.5, 0.6) is 0 Å². The van der Waals surface area contributed by atoms with Gasteiger partial charge < -0.3 is 15.7 Å². The van der Waals surface area contributed by atoms with E-state index in [1.807, 2.05) is 6.92 Å². The number of amides is 1. The Labute approximate surface area is 91.4 Å². The van der Waals surface area contributed by atoms with Gasteiger partial charge in [-0.05, 0) is 39.2 Å². The van der Waals surface area contributed by atoms with Crippen LogP contribution >= 0.6 is 0 Å². The van der Waals surface area contributed by atoms with Crippen molar-refractivity contribution in [3.05, 3.63) is 0 Å². The Kier molecular flexibility index (Phi) is 5.65. The molecule has 1 amide bonds. The van der Waals surface area contributed by atoms with Crippen LogP contribution in [0, 0.1) is 5.92 Å². The molecule has 1 aliphatic rings. The summed E-state index contributed by atoms with van der Waals surface area (Å²) in [5.41, 5.74) is 0. The molecule has 0 aromatic heterocycles. The van der Waals surface area contributed by atoms with E-state index >= 15 is 0 Å². The van der Waals surface area contributed by atoms with Gasteiger partial charge >= 0.3 is 0 Å². The summed E-state index contributed by atoms with van der Waals surface area (Å²) >= 11 is 0. The average molecular weight is 214 g/mol. The molecule has 0 aromatic carbocycles. The van der Waals surface area contributed by atoms with E-state index in [0.29, 0.717) is 0 Å². The monoisotopic (exact) mass is 214 g/mol. The molecular formula is C11H22N2O2. The van der Waals surface area contributed by atoms with E-state index in [-0.39, 0.29) is 24.5 Å². The van der Waals surface area contributed by atoms with Gasteiger partial charge in [0.25, 0.3) is 0 Å². The highest BCUT2D eigenvalue weighted by molar-refractivity contribution is 5.79. The largest absolute Gasteiger partial charge is 0.396 e. The van der Waals surface area contributed by atoms with Crippen LogP contribution in [-0.4, -0.2) is 36.8 Å². The number of piperidine rings is 1. The second-order valence-electron chi connectivity index (χ2n) is 4.32. The second-order valence-corrected chi connectivity index (χ2v) is 4.32. The minimum absolute atomic E-state index is 0.135. The van der Waals surface area contributed by atoms with E-state index in [9.17, 15) is 4.79 Å². The van der Waals surface area contributed by atoms with E-state index in [4.69, 9.17) is 5.11 Å². The lowest BCUT2D eigenvalue weighted by molar-refractivity contribution is -0.126. The van der Waals surface area contributed by atoms with E-state index in [0.717, 1.165) is 38.8 Å². The zero-order valence-electron chi connectivity index (χ0n) is 9.46. The normalized spacial score (nSPS) is 23.5. The number of aliphatic hydroxyl groups excluding tert-OH is 1. The Bertz CT molecular complexity index is 191. The van der Waals surface area contributed by atoms with Crippen LogP contribution in [0.4, 0.5) is 0 Å². The van der Waals surface area contributed by atoms with Crippen molar-refractivity contribution in [1.82, 2.24) is 10.6 Å². The number of carbonyl (C=O) groups excluding carboxylic acids is 1. The molecule has 1 fully saturated rings. The lowest BCUT2D eigenvalue weighted by Gasteiger charge is -2.24. The van der Waals surface area contributed by atoms with Crippen molar-refractivity contribution in [2.45, 2.75) is 38.6 Å². The number of carbonyl (C=O) groups is 1. The molecule has 3 N–H and O–H groups in total. The van der Waals surface area contributed by atoms with Crippen LogP contribution in [0.1, 0.15) is 32.6 Å². The smallest absolute Gasteiger partial charge is 0.224 e. The quantitative estimate of drug-likeness (QED) is 0.615. The summed E-state index contributed by atoms with van der Waals surface area (Å²) in [6.45, 7) is 4.03. The van der Waals surface area contributed by atoms with Crippen molar-refractivity contribution in [3.8, 4) is 0 Å². The van der Waals surface area contributed by atoms with Crippen molar-refractivity contribution in [1.29, 1.82) is 0 Å². The molecule has 1 heterocycles. The zero-order chi connectivity index (χ0) is 11.1. The van der Waals surface area contributed by atoms with Gasteiger partial charge in [0, 0.05) is 19.2 Å². The Hall–Kier alpha value is -0.610. The van der Waals surface area contributed by atoms with Gasteiger partial charge in [0.2, 0.25) is 5.91 Å². The lowest BCUT2D eigenvalue weighted by atomic mass is 9.98. The summed E-state index contributed by atoms with van der Waals surface area (Å²) in [6, 6.07) is 0.173. The molecule has 1 aliphatic heterocycles. The van der Waals surface area contributed by atoms with Gasteiger partial charge in [-0.3, -0.25) is 4.79 Å². The van der Waals surface area contributed by atoms with E-state index in [2.05, 4.69) is 10.6 Å². The molecule has 4 nitrogen and oxygen atoms in total. The van der Waals surface area contributed by atoms with E-state index < -0.39 is 0 Å². The van der Waals surface area contributed by atoms with Gasteiger partial charge in [0.15, 0.2) is 0 Å². The topological polar surface area (TPSA) is 61.4 Å². The molecule has 4 heteroatoms. The molecule has 15 heavy (non-hydrogen) atoms. The predicted octanol–water partition coefficient (Wildman–Crippen LogP) is 0.263. The third-order valence-corrected chi connectivity index (χ3v) is 2.85. The summed E-state index contributed by atoms with van der Waals surface area (Å²) in [5.74, 6) is 0.294. The van der Waals surface area contributed by atoms with Gasteiger partial charge in [0.05, 0.1) is 5.92 Å². The molecule has 1 unspecified atom stereocenters. The van der Waals surface area contributed by atoms with E-state index in [1.165, 1.54) is 0 Å². The van der Waals surface area contributed by atoms with Crippen molar-refractivity contribution in [2.24, 2.45) is 5.92 Å². The minimum atomic E-state index is 0.135. The van der Waals surface area contributed by atoms with Crippen LogP contribution in [0.3, 0.4) is 0 Å². The van der Waals surface area contributed by atoms with Gasteiger partial charge in [-0.15, -0.1) is 0 Å². The number of aliphatic hydroxyl groups is 1. The maximum absolute atomic E-state index is 11.8. The number of hydrogen-bond acceptors (Lipinski definition) is 3. The summed E-state index contributed by atoms with van der Waals surface area (Å²) in [6.07, 6.45) is 3.68. The first kappa shape index (κ1) is 12.5.